The highest BCUT2D eigenvalue weighted by atomic mass is 16.2. The molecule has 2 fully saturated rings. The van der Waals surface area contributed by atoms with Crippen LogP contribution in [0.4, 0.5) is 0 Å². The van der Waals surface area contributed by atoms with Crippen molar-refractivity contribution in [3.05, 3.63) is 35.4 Å². The van der Waals surface area contributed by atoms with Crippen molar-refractivity contribution in [1.82, 2.24) is 10.6 Å². The number of carbonyl (C=O) groups excluding carboxylic acids is 2. The van der Waals surface area contributed by atoms with Crippen LogP contribution in [0.15, 0.2) is 24.3 Å². The van der Waals surface area contributed by atoms with Gasteiger partial charge in [-0.25, -0.2) is 0 Å². The standard InChI is InChI=1S/C18H24N2O2/c1-13-5-4-6-14(11-13)18(9-2-3-10-18)12-19-17(22)15-7-8-16(21)20-15/h4-6,11,15H,2-3,7-10,12H2,1H3,(H,19,22)(H,20,21)/t15-/m0/s1. The molecule has 1 aromatic carbocycles. The minimum atomic E-state index is -0.344. The van der Waals surface area contributed by atoms with Gasteiger partial charge in [0.05, 0.1) is 0 Å². The molecule has 1 atom stereocenters. The van der Waals surface area contributed by atoms with Crippen molar-refractivity contribution < 1.29 is 9.59 Å². The average molecular weight is 300 g/mol. The van der Waals surface area contributed by atoms with E-state index in [0.29, 0.717) is 19.4 Å². The quantitative estimate of drug-likeness (QED) is 0.895. The van der Waals surface area contributed by atoms with E-state index in [1.54, 1.807) is 0 Å². The summed E-state index contributed by atoms with van der Waals surface area (Å²) in [6.45, 7) is 2.78. The second-order valence-corrected chi connectivity index (χ2v) is 6.73. The second kappa shape index (κ2) is 6.11. The molecule has 0 aromatic heterocycles. The molecule has 1 aliphatic carbocycles. The van der Waals surface area contributed by atoms with Gasteiger partial charge in [0.1, 0.15) is 6.04 Å². The van der Waals surface area contributed by atoms with Gasteiger partial charge in [0.2, 0.25) is 11.8 Å². The van der Waals surface area contributed by atoms with Gasteiger partial charge in [-0.3, -0.25) is 9.59 Å². The van der Waals surface area contributed by atoms with Crippen LogP contribution >= 0.6 is 0 Å². The monoisotopic (exact) mass is 300 g/mol. The Labute approximate surface area is 131 Å². The van der Waals surface area contributed by atoms with Crippen molar-refractivity contribution in [3.63, 3.8) is 0 Å². The van der Waals surface area contributed by atoms with Gasteiger partial charge in [0.15, 0.2) is 0 Å². The number of nitrogens with one attached hydrogen (secondary N) is 2. The van der Waals surface area contributed by atoms with E-state index in [1.807, 2.05) is 0 Å². The number of aryl methyl sites for hydroxylation is 1. The first-order valence-electron chi connectivity index (χ1n) is 8.23. The summed E-state index contributed by atoms with van der Waals surface area (Å²) in [7, 11) is 0. The van der Waals surface area contributed by atoms with Crippen LogP contribution in [0.2, 0.25) is 0 Å². The van der Waals surface area contributed by atoms with Gasteiger partial charge in [-0.2, -0.15) is 0 Å². The summed E-state index contributed by atoms with van der Waals surface area (Å²) in [5.74, 6) is -0.0563. The van der Waals surface area contributed by atoms with Gasteiger partial charge in [0.25, 0.3) is 0 Å². The Balaban J connectivity index is 1.70. The molecule has 1 heterocycles. The van der Waals surface area contributed by atoms with Gasteiger partial charge >= 0.3 is 0 Å². The van der Waals surface area contributed by atoms with E-state index in [4.69, 9.17) is 0 Å². The minimum absolute atomic E-state index is 0.0191. The van der Waals surface area contributed by atoms with Crippen molar-refractivity contribution >= 4 is 11.8 Å². The summed E-state index contributed by atoms with van der Waals surface area (Å²) in [5.41, 5.74) is 2.66. The smallest absolute Gasteiger partial charge is 0.242 e. The Hall–Kier alpha value is -1.84. The van der Waals surface area contributed by atoms with E-state index in [9.17, 15) is 9.59 Å². The molecule has 4 heteroatoms. The predicted molar refractivity (Wildman–Crippen MR) is 85.5 cm³/mol. The fraction of sp³-hybridized carbons (Fsp3) is 0.556. The lowest BCUT2D eigenvalue weighted by molar-refractivity contribution is -0.125. The van der Waals surface area contributed by atoms with Gasteiger partial charge in [-0.1, -0.05) is 42.7 Å². The molecule has 2 N–H and O–H groups in total. The maximum absolute atomic E-state index is 12.3. The third kappa shape index (κ3) is 3.01. The van der Waals surface area contributed by atoms with E-state index < -0.39 is 0 Å². The molecule has 2 aliphatic rings. The van der Waals surface area contributed by atoms with Crippen LogP contribution in [-0.2, 0) is 15.0 Å². The van der Waals surface area contributed by atoms with Crippen LogP contribution < -0.4 is 10.6 Å². The topological polar surface area (TPSA) is 58.2 Å². The number of carbonyl (C=O) groups is 2. The van der Waals surface area contributed by atoms with Gasteiger partial charge in [-0.05, 0) is 31.7 Å². The number of benzene rings is 1. The first-order valence-corrected chi connectivity index (χ1v) is 8.23. The zero-order valence-electron chi connectivity index (χ0n) is 13.2. The Kier molecular flexibility index (Phi) is 4.19. The van der Waals surface area contributed by atoms with Crippen LogP contribution in [0.3, 0.4) is 0 Å². The lowest BCUT2D eigenvalue weighted by Crippen LogP contribution is -2.46. The van der Waals surface area contributed by atoms with Gasteiger partial charge < -0.3 is 10.6 Å². The first-order chi connectivity index (χ1) is 10.6. The van der Waals surface area contributed by atoms with Crippen molar-refractivity contribution in [2.75, 3.05) is 6.54 Å². The Morgan fingerprint density at radius 2 is 2.14 bits per heavy atom. The lowest BCUT2D eigenvalue weighted by atomic mass is 9.78. The summed E-state index contributed by atoms with van der Waals surface area (Å²) >= 11 is 0. The van der Waals surface area contributed by atoms with E-state index in [0.717, 1.165) is 12.8 Å². The lowest BCUT2D eigenvalue weighted by Gasteiger charge is -2.31. The average Bonchev–Trinajstić information content (AvgIpc) is 3.15. The molecule has 3 rings (SSSR count). The number of amides is 2. The van der Waals surface area contributed by atoms with Crippen LogP contribution in [0.5, 0.6) is 0 Å². The van der Waals surface area contributed by atoms with Gasteiger partial charge in [-0.15, -0.1) is 0 Å². The van der Waals surface area contributed by atoms with Crippen molar-refractivity contribution in [1.29, 1.82) is 0 Å². The molecule has 118 valence electrons. The molecule has 0 spiro atoms. The summed E-state index contributed by atoms with van der Waals surface area (Å²) in [6.07, 6.45) is 5.73. The maximum atomic E-state index is 12.3. The molecule has 0 radical (unpaired) electrons. The van der Waals surface area contributed by atoms with Crippen molar-refractivity contribution in [3.8, 4) is 0 Å². The third-order valence-corrected chi connectivity index (χ3v) is 5.10. The SMILES string of the molecule is Cc1cccc(C2(CNC(=O)[C@@H]3CCC(=O)N3)CCCC2)c1. The molecule has 1 aromatic rings. The highest BCUT2D eigenvalue weighted by Crippen LogP contribution is 2.40. The van der Waals surface area contributed by atoms with Crippen LogP contribution in [-0.4, -0.2) is 24.4 Å². The van der Waals surface area contributed by atoms with E-state index in [2.05, 4.69) is 41.8 Å². The molecular formula is C18H24N2O2. The number of hydrogen-bond acceptors (Lipinski definition) is 2. The Bertz CT molecular complexity index is 576. The number of rotatable bonds is 4. The van der Waals surface area contributed by atoms with E-state index in [1.165, 1.54) is 24.0 Å². The third-order valence-electron chi connectivity index (χ3n) is 5.10. The Morgan fingerprint density at radius 3 is 2.77 bits per heavy atom. The molecule has 0 bridgehead atoms. The molecule has 0 unspecified atom stereocenters. The molecule has 4 nitrogen and oxygen atoms in total. The fourth-order valence-corrected chi connectivity index (χ4v) is 3.78. The van der Waals surface area contributed by atoms with Crippen LogP contribution in [0, 0.1) is 6.92 Å². The van der Waals surface area contributed by atoms with Crippen molar-refractivity contribution in [2.24, 2.45) is 0 Å². The molecule has 2 amide bonds. The van der Waals surface area contributed by atoms with Crippen LogP contribution in [0.25, 0.3) is 0 Å². The maximum Gasteiger partial charge on any atom is 0.242 e. The largest absolute Gasteiger partial charge is 0.353 e. The van der Waals surface area contributed by atoms with Gasteiger partial charge in [0, 0.05) is 18.4 Å². The minimum Gasteiger partial charge on any atom is -0.353 e. The molecule has 22 heavy (non-hydrogen) atoms. The fourth-order valence-electron chi connectivity index (χ4n) is 3.78. The van der Waals surface area contributed by atoms with Crippen molar-refractivity contribution in [2.45, 2.75) is 56.9 Å². The number of hydrogen-bond donors (Lipinski definition) is 2. The van der Waals surface area contributed by atoms with E-state index >= 15 is 0 Å². The zero-order chi connectivity index (χ0) is 15.6. The highest BCUT2D eigenvalue weighted by Gasteiger charge is 2.37. The predicted octanol–water partition coefficient (Wildman–Crippen LogP) is 2.20. The zero-order valence-corrected chi connectivity index (χ0v) is 13.2. The highest BCUT2D eigenvalue weighted by molar-refractivity contribution is 5.90. The summed E-state index contributed by atoms with van der Waals surface area (Å²) in [6, 6.07) is 8.29. The first kappa shape index (κ1) is 15.1. The van der Waals surface area contributed by atoms with Crippen LogP contribution in [0.1, 0.15) is 49.7 Å². The molecule has 1 aliphatic heterocycles. The molecular weight excluding hydrogens is 276 g/mol. The summed E-state index contributed by atoms with van der Waals surface area (Å²) in [5, 5.41) is 5.83. The molecule has 1 saturated carbocycles. The normalized spacial score (nSPS) is 23.3. The Morgan fingerprint density at radius 1 is 1.36 bits per heavy atom. The molecule has 1 saturated heterocycles. The summed E-state index contributed by atoms with van der Waals surface area (Å²) < 4.78 is 0. The second-order valence-electron chi connectivity index (χ2n) is 6.73. The summed E-state index contributed by atoms with van der Waals surface area (Å²) in [4.78, 5) is 23.5. The van der Waals surface area contributed by atoms with E-state index in [-0.39, 0.29) is 23.3 Å².